The summed E-state index contributed by atoms with van der Waals surface area (Å²) >= 11 is 5.73. The highest BCUT2D eigenvalue weighted by atomic mass is 35.5. The average Bonchev–Trinajstić information content (AvgIpc) is 3.00. The number of unbranched alkanes of at least 4 members (excludes halogenated alkanes) is 29. The molecule has 0 amide bonds. The fraction of sp³-hybridized carbons (Fsp3) is 1.00. The van der Waals surface area contributed by atoms with Crippen molar-refractivity contribution in [3.8, 4) is 0 Å². The lowest BCUT2D eigenvalue weighted by Gasteiger charge is -2.28. The van der Waals surface area contributed by atoms with Crippen LogP contribution in [-0.2, 0) is 13.3 Å². The first kappa shape index (κ1) is 43.4. The fourth-order valence-corrected chi connectivity index (χ4v) is 9.26. The maximum Gasteiger partial charge on any atom is 0.500 e. The second-order valence-corrected chi connectivity index (χ2v) is 16.1. The van der Waals surface area contributed by atoms with Gasteiger partial charge in [-0.05, 0) is 33.6 Å². The molecule has 0 aliphatic heterocycles. The van der Waals surface area contributed by atoms with Gasteiger partial charge in [0.05, 0.1) is 0 Å². The predicted molar refractivity (Wildman–Crippen MR) is 195 cm³/mol. The van der Waals surface area contributed by atoms with E-state index in [0.717, 1.165) is 11.9 Å². The van der Waals surface area contributed by atoms with Crippen LogP contribution in [-0.4, -0.2) is 34.5 Å². The predicted octanol–water partition coefficient (Wildman–Crippen LogP) is 14.0. The minimum Gasteiger partial charge on any atom is -0.374 e. The molecule has 0 atom stereocenters. The molecule has 0 radical (unpaired) electrons. The molecule has 0 aromatic carbocycles. The zero-order chi connectivity index (χ0) is 31.4. The Labute approximate surface area is 278 Å². The Kier molecular flexibility index (Phi) is 37.2. The van der Waals surface area contributed by atoms with Gasteiger partial charge in [0.15, 0.2) is 0 Å². The molecule has 0 spiro atoms. The lowest BCUT2D eigenvalue weighted by Crippen LogP contribution is -2.45. The monoisotopic (exact) mass is 647 g/mol. The molecule has 0 aliphatic rings. The largest absolute Gasteiger partial charge is 0.500 e. The van der Waals surface area contributed by atoms with Gasteiger partial charge in [0.2, 0.25) is 0 Å². The minimum absolute atomic E-state index is 0.685. The van der Waals surface area contributed by atoms with E-state index in [0.29, 0.717) is 19.8 Å². The first-order chi connectivity index (χ1) is 21.2. The molecule has 0 unspecified atom stereocenters. The van der Waals surface area contributed by atoms with Crippen LogP contribution in [0.5, 0.6) is 0 Å². The summed E-state index contributed by atoms with van der Waals surface area (Å²) in [5.41, 5.74) is 0. The van der Waals surface area contributed by atoms with E-state index in [1.807, 2.05) is 20.8 Å². The van der Waals surface area contributed by atoms with Crippen LogP contribution in [0.2, 0.25) is 6.04 Å². The number of alkyl halides is 1. The Morgan fingerprint density at radius 1 is 0.302 bits per heavy atom. The molecule has 0 heterocycles. The third-order valence-corrected chi connectivity index (χ3v) is 12.4. The summed E-state index contributed by atoms with van der Waals surface area (Å²) in [6, 6.07) is 0.972. The summed E-state index contributed by atoms with van der Waals surface area (Å²) in [6.45, 7) is 8.18. The van der Waals surface area contributed by atoms with Crippen molar-refractivity contribution >= 4 is 20.4 Å². The zero-order valence-corrected chi connectivity index (χ0v) is 31.6. The van der Waals surface area contributed by atoms with E-state index in [1.165, 1.54) is 193 Å². The first-order valence-corrected chi connectivity index (χ1v) is 22.2. The summed E-state index contributed by atoms with van der Waals surface area (Å²) in [6.07, 6.45) is 42.6. The van der Waals surface area contributed by atoms with Crippen LogP contribution in [0.15, 0.2) is 0 Å². The van der Waals surface area contributed by atoms with Gasteiger partial charge in [-0.15, -0.1) is 11.6 Å². The van der Waals surface area contributed by atoms with Crippen LogP contribution in [0.3, 0.4) is 0 Å². The number of hydrogen-bond acceptors (Lipinski definition) is 3. The van der Waals surface area contributed by atoms with Crippen LogP contribution >= 0.6 is 11.6 Å². The van der Waals surface area contributed by atoms with Gasteiger partial charge in [-0.25, -0.2) is 0 Å². The SMILES string of the molecule is CCO[Si](CCCCCCCCCCCCCCCCCCCCCCCCCCCCCCCCCl)(OCC)OCC. The zero-order valence-electron chi connectivity index (χ0n) is 29.9. The molecule has 0 fully saturated rings. The summed E-state index contributed by atoms with van der Waals surface area (Å²) in [7, 11) is -2.42. The summed E-state index contributed by atoms with van der Waals surface area (Å²) in [5, 5.41) is 0. The van der Waals surface area contributed by atoms with Gasteiger partial charge < -0.3 is 13.3 Å². The molecular weight excluding hydrogens is 568 g/mol. The number of rotatable bonds is 38. The highest BCUT2D eigenvalue weighted by molar-refractivity contribution is 6.60. The number of halogens is 1. The quantitative estimate of drug-likeness (QED) is 0.0379. The van der Waals surface area contributed by atoms with Crippen molar-refractivity contribution in [2.75, 3.05) is 25.7 Å². The normalized spacial score (nSPS) is 12.0. The molecule has 43 heavy (non-hydrogen) atoms. The second kappa shape index (κ2) is 36.9. The molecule has 0 aromatic rings. The van der Waals surface area contributed by atoms with Crippen LogP contribution in [0.1, 0.15) is 213 Å². The Hall–Kier alpha value is 0.387. The molecule has 0 aliphatic carbocycles. The van der Waals surface area contributed by atoms with Crippen LogP contribution < -0.4 is 0 Å². The van der Waals surface area contributed by atoms with E-state index in [1.54, 1.807) is 0 Å². The summed E-state index contributed by atoms with van der Waals surface area (Å²) < 4.78 is 17.9. The molecule has 0 saturated heterocycles. The highest BCUT2D eigenvalue weighted by Gasteiger charge is 2.39. The highest BCUT2D eigenvalue weighted by Crippen LogP contribution is 2.21. The molecular formula is C38H79ClO3Si. The van der Waals surface area contributed by atoms with Crippen molar-refractivity contribution in [3.05, 3.63) is 0 Å². The molecule has 0 bridgehead atoms. The average molecular weight is 648 g/mol. The lowest BCUT2D eigenvalue weighted by atomic mass is 10.0. The van der Waals surface area contributed by atoms with Gasteiger partial charge >= 0.3 is 8.80 Å². The van der Waals surface area contributed by atoms with Crippen molar-refractivity contribution in [1.82, 2.24) is 0 Å². The molecule has 260 valence electrons. The fourth-order valence-electron chi connectivity index (χ4n) is 6.39. The minimum atomic E-state index is -2.42. The van der Waals surface area contributed by atoms with E-state index >= 15 is 0 Å². The van der Waals surface area contributed by atoms with E-state index < -0.39 is 8.80 Å². The standard InChI is InChI=1S/C38H79ClO3Si/c1-4-40-43(41-5-2,42-6-3)38-36-34-32-30-28-26-24-22-20-18-16-14-12-10-8-7-9-11-13-15-17-19-21-23-25-27-29-31-33-35-37-39/h4-38H2,1-3H3. The Bertz CT molecular complexity index is 491. The molecule has 0 rings (SSSR count). The maximum atomic E-state index is 5.97. The topological polar surface area (TPSA) is 27.7 Å². The molecule has 5 heteroatoms. The van der Waals surface area contributed by atoms with Crippen molar-refractivity contribution in [3.63, 3.8) is 0 Å². The third-order valence-electron chi connectivity index (χ3n) is 8.96. The molecule has 0 saturated carbocycles. The maximum absolute atomic E-state index is 5.97. The Morgan fingerprint density at radius 2 is 0.488 bits per heavy atom. The lowest BCUT2D eigenvalue weighted by molar-refractivity contribution is 0.0706. The summed E-state index contributed by atoms with van der Waals surface area (Å²) in [5.74, 6) is 0.842. The van der Waals surface area contributed by atoms with E-state index in [2.05, 4.69) is 0 Å². The molecule has 3 nitrogen and oxygen atoms in total. The van der Waals surface area contributed by atoms with Crippen LogP contribution in [0, 0.1) is 0 Å². The van der Waals surface area contributed by atoms with Gasteiger partial charge in [0.25, 0.3) is 0 Å². The van der Waals surface area contributed by atoms with Gasteiger partial charge in [-0.1, -0.05) is 180 Å². The van der Waals surface area contributed by atoms with Gasteiger partial charge in [0, 0.05) is 31.7 Å². The van der Waals surface area contributed by atoms with E-state index in [-0.39, 0.29) is 0 Å². The van der Waals surface area contributed by atoms with Gasteiger partial charge in [0.1, 0.15) is 0 Å². The van der Waals surface area contributed by atoms with Crippen molar-refractivity contribution in [1.29, 1.82) is 0 Å². The van der Waals surface area contributed by atoms with Gasteiger partial charge in [-0.2, -0.15) is 0 Å². The van der Waals surface area contributed by atoms with Crippen LogP contribution in [0.4, 0.5) is 0 Å². The first-order valence-electron chi connectivity index (χ1n) is 19.7. The molecule has 0 N–H and O–H groups in total. The van der Waals surface area contributed by atoms with Crippen molar-refractivity contribution in [2.45, 2.75) is 219 Å². The Morgan fingerprint density at radius 3 is 0.674 bits per heavy atom. The third kappa shape index (κ3) is 32.1. The second-order valence-electron chi connectivity index (χ2n) is 13.0. The molecule has 0 aromatic heterocycles. The number of hydrogen-bond donors (Lipinski definition) is 0. The summed E-state index contributed by atoms with van der Waals surface area (Å²) in [4.78, 5) is 0. The Balaban J connectivity index is 3.24. The van der Waals surface area contributed by atoms with Gasteiger partial charge in [-0.3, -0.25) is 0 Å². The van der Waals surface area contributed by atoms with Crippen molar-refractivity contribution < 1.29 is 13.3 Å². The van der Waals surface area contributed by atoms with Crippen molar-refractivity contribution in [2.24, 2.45) is 0 Å². The van der Waals surface area contributed by atoms with Crippen LogP contribution in [0.25, 0.3) is 0 Å². The van der Waals surface area contributed by atoms with E-state index in [9.17, 15) is 0 Å². The van der Waals surface area contributed by atoms with E-state index in [4.69, 9.17) is 24.9 Å². The smallest absolute Gasteiger partial charge is 0.374 e.